The maximum absolute atomic E-state index is 12.9. The van der Waals surface area contributed by atoms with Crippen LogP contribution in [0.3, 0.4) is 0 Å². The Balaban J connectivity index is 1.73. The Morgan fingerprint density at radius 2 is 1.62 bits per heavy atom. The molecule has 0 aliphatic carbocycles. The fraction of sp³-hybridized carbons (Fsp3) is 0.0870. The third-order valence-corrected chi connectivity index (χ3v) is 4.89. The molecule has 1 amide bonds. The van der Waals surface area contributed by atoms with E-state index in [-0.39, 0.29) is 17.9 Å². The highest BCUT2D eigenvalue weighted by molar-refractivity contribution is 6.30. The first-order valence-corrected chi connectivity index (χ1v) is 9.52. The van der Waals surface area contributed by atoms with E-state index in [0.717, 1.165) is 26.9 Å². The van der Waals surface area contributed by atoms with E-state index in [1.165, 1.54) is 0 Å². The predicted octanol–water partition coefficient (Wildman–Crippen LogP) is 4.34. The second-order valence-corrected chi connectivity index (χ2v) is 7.25. The lowest BCUT2D eigenvalue weighted by Gasteiger charge is -2.12. The molecule has 4 aromatic rings. The minimum Gasteiger partial charge on any atom is -0.273 e. The average Bonchev–Trinajstić information content (AvgIpc) is 2.73. The molecule has 4 rings (SSSR count). The molecule has 144 valence electrons. The number of halogens is 1. The number of nitrogens with zero attached hydrogens (tertiary/aromatic N) is 2. The number of carbonyl (C=O) groups is 1. The zero-order chi connectivity index (χ0) is 20.4. The van der Waals surface area contributed by atoms with Crippen LogP contribution >= 0.6 is 11.6 Å². The number of rotatable bonds is 4. The average molecular weight is 404 g/mol. The van der Waals surface area contributed by atoms with E-state index in [1.807, 2.05) is 43.3 Å². The second kappa shape index (κ2) is 7.89. The van der Waals surface area contributed by atoms with Crippen LogP contribution in [0.4, 0.5) is 0 Å². The van der Waals surface area contributed by atoms with E-state index in [0.29, 0.717) is 16.1 Å². The Kier molecular flexibility index (Phi) is 5.14. The number of aryl methyl sites for hydroxylation is 1. The first kappa shape index (κ1) is 18.9. The summed E-state index contributed by atoms with van der Waals surface area (Å²) in [5.74, 6) is -0.341. The number of aromatic nitrogens is 2. The number of fused-ring (bicyclic) bond motifs is 1. The van der Waals surface area contributed by atoms with Crippen molar-refractivity contribution in [2.75, 3.05) is 5.43 Å². The standard InChI is InChI=1S/C23H18ClN3O2/c1-15-6-10-17(11-7-15)22-19-4-2-3-5-20(19)23(29)27(26-22)25-21(28)14-16-8-12-18(24)13-9-16/h2-13H,14H2,1H3,(H,25,28). The molecule has 0 aliphatic rings. The van der Waals surface area contributed by atoms with Crippen molar-refractivity contribution in [3.05, 3.63) is 99.3 Å². The Morgan fingerprint density at radius 1 is 0.966 bits per heavy atom. The molecular formula is C23H18ClN3O2. The van der Waals surface area contributed by atoms with Crippen molar-refractivity contribution in [3.63, 3.8) is 0 Å². The summed E-state index contributed by atoms with van der Waals surface area (Å²) in [7, 11) is 0. The largest absolute Gasteiger partial charge is 0.294 e. The van der Waals surface area contributed by atoms with E-state index in [2.05, 4.69) is 10.5 Å². The zero-order valence-corrected chi connectivity index (χ0v) is 16.5. The van der Waals surface area contributed by atoms with Gasteiger partial charge in [0.1, 0.15) is 5.69 Å². The Morgan fingerprint density at radius 3 is 2.31 bits per heavy atom. The topological polar surface area (TPSA) is 64.0 Å². The fourth-order valence-electron chi connectivity index (χ4n) is 3.14. The molecule has 29 heavy (non-hydrogen) atoms. The van der Waals surface area contributed by atoms with Crippen molar-refractivity contribution in [3.8, 4) is 11.3 Å². The highest BCUT2D eigenvalue weighted by Gasteiger charge is 2.14. The smallest absolute Gasteiger partial charge is 0.273 e. The molecule has 0 unspecified atom stereocenters. The normalized spacial score (nSPS) is 10.8. The quantitative estimate of drug-likeness (QED) is 0.551. The van der Waals surface area contributed by atoms with Gasteiger partial charge in [-0.05, 0) is 30.7 Å². The van der Waals surface area contributed by atoms with E-state index in [1.54, 1.807) is 36.4 Å². The van der Waals surface area contributed by atoms with Crippen molar-refractivity contribution in [2.24, 2.45) is 0 Å². The molecule has 5 nitrogen and oxygen atoms in total. The fourth-order valence-corrected chi connectivity index (χ4v) is 3.26. The minimum absolute atomic E-state index is 0.109. The van der Waals surface area contributed by atoms with E-state index >= 15 is 0 Å². The molecule has 1 N–H and O–H groups in total. The zero-order valence-electron chi connectivity index (χ0n) is 15.7. The maximum atomic E-state index is 12.9. The summed E-state index contributed by atoms with van der Waals surface area (Å²) in [5.41, 5.74) is 5.65. The summed E-state index contributed by atoms with van der Waals surface area (Å²) in [6.07, 6.45) is 0.109. The highest BCUT2D eigenvalue weighted by Crippen LogP contribution is 2.24. The summed E-state index contributed by atoms with van der Waals surface area (Å²) >= 11 is 5.88. The lowest BCUT2D eigenvalue weighted by molar-refractivity contribution is -0.116. The monoisotopic (exact) mass is 403 g/mol. The number of hydrogen-bond acceptors (Lipinski definition) is 3. The number of hydrogen-bond donors (Lipinski definition) is 1. The van der Waals surface area contributed by atoms with Crippen molar-refractivity contribution >= 4 is 28.3 Å². The highest BCUT2D eigenvalue weighted by atomic mass is 35.5. The van der Waals surface area contributed by atoms with Crippen molar-refractivity contribution in [2.45, 2.75) is 13.3 Å². The van der Waals surface area contributed by atoms with Gasteiger partial charge in [-0.25, -0.2) is 5.43 Å². The van der Waals surface area contributed by atoms with Crippen molar-refractivity contribution in [1.29, 1.82) is 0 Å². The van der Waals surface area contributed by atoms with Crippen LogP contribution in [0, 0.1) is 6.92 Å². The van der Waals surface area contributed by atoms with Gasteiger partial charge >= 0.3 is 0 Å². The van der Waals surface area contributed by atoms with E-state index in [4.69, 9.17) is 11.6 Å². The third kappa shape index (κ3) is 4.05. The van der Waals surface area contributed by atoms with Crippen LogP contribution in [0.2, 0.25) is 5.02 Å². The molecule has 0 radical (unpaired) electrons. The molecule has 0 spiro atoms. The molecule has 0 fully saturated rings. The summed E-state index contributed by atoms with van der Waals surface area (Å²) in [6, 6.07) is 22.1. The van der Waals surface area contributed by atoms with Gasteiger partial charge in [-0.3, -0.25) is 9.59 Å². The number of carbonyl (C=O) groups excluding carboxylic acids is 1. The van der Waals surface area contributed by atoms with Crippen LogP contribution in [-0.4, -0.2) is 15.8 Å². The van der Waals surface area contributed by atoms with Gasteiger partial charge in [0.2, 0.25) is 5.91 Å². The lowest BCUT2D eigenvalue weighted by atomic mass is 10.0. The molecule has 1 aromatic heterocycles. The SMILES string of the molecule is Cc1ccc(-c2nn(NC(=O)Cc3ccc(Cl)cc3)c(=O)c3ccccc23)cc1. The van der Waals surface area contributed by atoms with Crippen LogP contribution in [0.1, 0.15) is 11.1 Å². The molecular weight excluding hydrogens is 386 g/mol. The van der Waals surface area contributed by atoms with Crippen molar-refractivity contribution < 1.29 is 4.79 Å². The predicted molar refractivity (Wildman–Crippen MR) is 116 cm³/mol. The van der Waals surface area contributed by atoms with Gasteiger partial charge in [-0.2, -0.15) is 0 Å². The molecule has 3 aromatic carbocycles. The molecule has 0 atom stereocenters. The van der Waals surface area contributed by atoms with Gasteiger partial charge in [0, 0.05) is 16.0 Å². The van der Waals surface area contributed by atoms with Gasteiger partial charge in [-0.15, -0.1) is 9.89 Å². The number of benzene rings is 3. The summed E-state index contributed by atoms with van der Waals surface area (Å²) in [6.45, 7) is 2.01. The third-order valence-electron chi connectivity index (χ3n) is 4.64. The van der Waals surface area contributed by atoms with Crippen molar-refractivity contribution in [1.82, 2.24) is 9.89 Å². The molecule has 0 bridgehead atoms. The van der Waals surface area contributed by atoms with Gasteiger partial charge in [0.15, 0.2) is 0 Å². The second-order valence-electron chi connectivity index (χ2n) is 6.82. The summed E-state index contributed by atoms with van der Waals surface area (Å²) in [5, 5.41) is 6.28. The van der Waals surface area contributed by atoms with Crippen LogP contribution in [0.25, 0.3) is 22.0 Å². The Hall–Kier alpha value is -3.44. The minimum atomic E-state index is -0.374. The van der Waals surface area contributed by atoms with Crippen LogP contribution in [-0.2, 0) is 11.2 Å². The number of amides is 1. The van der Waals surface area contributed by atoms with Gasteiger partial charge in [-0.1, -0.05) is 71.8 Å². The van der Waals surface area contributed by atoms with Crippen LogP contribution in [0.5, 0.6) is 0 Å². The van der Waals surface area contributed by atoms with Crippen LogP contribution < -0.4 is 11.0 Å². The van der Waals surface area contributed by atoms with E-state index < -0.39 is 0 Å². The Bertz CT molecular complexity index is 1250. The maximum Gasteiger partial charge on any atom is 0.294 e. The molecule has 6 heteroatoms. The van der Waals surface area contributed by atoms with Gasteiger partial charge in [0.25, 0.3) is 5.56 Å². The Labute approximate surface area is 172 Å². The summed E-state index contributed by atoms with van der Waals surface area (Å²) < 4.78 is 0. The lowest BCUT2D eigenvalue weighted by Crippen LogP contribution is -2.36. The number of nitrogens with one attached hydrogen (secondary N) is 1. The van der Waals surface area contributed by atoms with Gasteiger partial charge in [0.05, 0.1) is 11.8 Å². The first-order chi connectivity index (χ1) is 14.0. The molecule has 0 saturated heterocycles. The molecule has 0 saturated carbocycles. The van der Waals surface area contributed by atoms with Gasteiger partial charge < -0.3 is 0 Å². The summed E-state index contributed by atoms with van der Waals surface area (Å²) in [4.78, 5) is 26.4. The molecule has 1 heterocycles. The van der Waals surface area contributed by atoms with E-state index in [9.17, 15) is 9.59 Å². The molecule has 0 aliphatic heterocycles. The first-order valence-electron chi connectivity index (χ1n) is 9.15. The van der Waals surface area contributed by atoms with Crippen LogP contribution in [0.15, 0.2) is 77.6 Å².